The highest BCUT2D eigenvalue weighted by molar-refractivity contribution is 5.84. The van der Waals surface area contributed by atoms with Gasteiger partial charge in [0, 0.05) is 20.1 Å². The Hall–Kier alpha value is -1.83. The van der Waals surface area contributed by atoms with Gasteiger partial charge in [0.15, 0.2) is 0 Å². The second kappa shape index (κ2) is 7.68. The van der Waals surface area contributed by atoms with E-state index in [2.05, 4.69) is 5.32 Å². The number of likely N-dealkylation sites (N-methyl/N-ethyl adjacent to an activating group) is 2. The number of carbonyl (C=O) groups is 3. The molecule has 1 saturated heterocycles. The van der Waals surface area contributed by atoms with Gasteiger partial charge in [0.25, 0.3) is 0 Å². The topological polar surface area (TPSA) is 99.2 Å². The Morgan fingerprint density at radius 3 is 2.70 bits per heavy atom. The van der Waals surface area contributed by atoms with Gasteiger partial charge in [0.2, 0.25) is 5.91 Å². The Labute approximate surface area is 117 Å². The van der Waals surface area contributed by atoms with Gasteiger partial charge < -0.3 is 25.0 Å². The molecule has 0 aromatic carbocycles. The van der Waals surface area contributed by atoms with Gasteiger partial charge in [-0.3, -0.25) is 9.59 Å². The Morgan fingerprint density at radius 1 is 1.45 bits per heavy atom. The number of nitrogens with one attached hydrogen (secondary N) is 1. The van der Waals surface area contributed by atoms with Gasteiger partial charge in [0.05, 0.1) is 25.7 Å². The van der Waals surface area contributed by atoms with E-state index < -0.39 is 12.0 Å². The molecule has 1 rings (SSSR count). The SMILES string of the molecule is CCN(CC(=O)NC)C(=O)N1CCOCC1CC(=O)O. The number of rotatable bonds is 5. The number of hydrogen-bond acceptors (Lipinski definition) is 4. The molecule has 0 bridgehead atoms. The predicted octanol–water partition coefficient (Wildman–Crippen LogP) is -0.650. The Morgan fingerprint density at radius 2 is 2.15 bits per heavy atom. The van der Waals surface area contributed by atoms with E-state index >= 15 is 0 Å². The van der Waals surface area contributed by atoms with E-state index in [0.29, 0.717) is 19.7 Å². The second-order valence-electron chi connectivity index (χ2n) is 4.49. The van der Waals surface area contributed by atoms with Crippen LogP contribution in [0, 0.1) is 0 Å². The highest BCUT2D eigenvalue weighted by Crippen LogP contribution is 2.13. The molecule has 1 heterocycles. The maximum Gasteiger partial charge on any atom is 0.320 e. The van der Waals surface area contributed by atoms with E-state index in [1.54, 1.807) is 6.92 Å². The molecule has 8 heteroatoms. The van der Waals surface area contributed by atoms with Crippen molar-refractivity contribution in [2.45, 2.75) is 19.4 Å². The predicted molar refractivity (Wildman–Crippen MR) is 70.3 cm³/mol. The van der Waals surface area contributed by atoms with Gasteiger partial charge in [-0.1, -0.05) is 0 Å². The molecule has 1 unspecified atom stereocenters. The number of carboxylic acids is 1. The molecule has 1 aliphatic rings. The van der Waals surface area contributed by atoms with Crippen LogP contribution in [-0.4, -0.2) is 78.8 Å². The molecule has 0 radical (unpaired) electrons. The normalized spacial score (nSPS) is 18.5. The maximum absolute atomic E-state index is 12.4. The van der Waals surface area contributed by atoms with E-state index in [9.17, 15) is 14.4 Å². The molecule has 1 atom stereocenters. The Bertz CT molecular complexity index is 374. The van der Waals surface area contributed by atoms with Gasteiger partial charge in [0.1, 0.15) is 6.54 Å². The lowest BCUT2D eigenvalue weighted by atomic mass is 10.1. The summed E-state index contributed by atoms with van der Waals surface area (Å²) in [4.78, 5) is 37.5. The van der Waals surface area contributed by atoms with E-state index in [1.165, 1.54) is 16.8 Å². The lowest BCUT2D eigenvalue weighted by molar-refractivity contribution is -0.139. The minimum absolute atomic E-state index is 0.0387. The van der Waals surface area contributed by atoms with Crippen LogP contribution in [-0.2, 0) is 14.3 Å². The number of urea groups is 1. The number of aliphatic carboxylic acids is 1. The number of morpholine rings is 1. The largest absolute Gasteiger partial charge is 0.481 e. The minimum Gasteiger partial charge on any atom is -0.481 e. The van der Waals surface area contributed by atoms with Gasteiger partial charge in [-0.25, -0.2) is 4.79 Å². The molecule has 20 heavy (non-hydrogen) atoms. The van der Waals surface area contributed by atoms with Crippen LogP contribution in [0.25, 0.3) is 0 Å². The van der Waals surface area contributed by atoms with Crippen LogP contribution in [0.4, 0.5) is 4.79 Å². The summed E-state index contributed by atoms with van der Waals surface area (Å²) in [6.07, 6.45) is -0.163. The zero-order valence-corrected chi connectivity index (χ0v) is 11.8. The van der Waals surface area contributed by atoms with Crippen molar-refractivity contribution in [2.75, 3.05) is 39.9 Å². The van der Waals surface area contributed by atoms with E-state index in [-0.39, 0.29) is 31.5 Å². The van der Waals surface area contributed by atoms with Crippen LogP contribution < -0.4 is 5.32 Å². The molecule has 3 amide bonds. The van der Waals surface area contributed by atoms with Crippen LogP contribution in [0.1, 0.15) is 13.3 Å². The van der Waals surface area contributed by atoms with Crippen molar-refractivity contribution in [2.24, 2.45) is 0 Å². The first-order valence-corrected chi connectivity index (χ1v) is 6.55. The molecule has 0 spiro atoms. The number of hydrogen-bond donors (Lipinski definition) is 2. The first kappa shape index (κ1) is 16.2. The number of carboxylic acid groups (broad SMARTS) is 1. The van der Waals surface area contributed by atoms with Crippen molar-refractivity contribution in [3.8, 4) is 0 Å². The van der Waals surface area contributed by atoms with Crippen LogP contribution in [0.15, 0.2) is 0 Å². The van der Waals surface area contributed by atoms with Crippen molar-refractivity contribution in [3.63, 3.8) is 0 Å². The summed E-state index contributed by atoms with van der Waals surface area (Å²) in [5, 5.41) is 11.3. The molecule has 1 fully saturated rings. The lowest BCUT2D eigenvalue weighted by Gasteiger charge is -2.37. The highest BCUT2D eigenvalue weighted by Gasteiger charge is 2.32. The van der Waals surface area contributed by atoms with E-state index in [4.69, 9.17) is 9.84 Å². The van der Waals surface area contributed by atoms with Crippen LogP contribution in [0.2, 0.25) is 0 Å². The summed E-state index contributed by atoms with van der Waals surface area (Å²) in [6, 6.07) is -0.821. The third-order valence-electron chi connectivity index (χ3n) is 3.15. The number of ether oxygens (including phenoxy) is 1. The fraction of sp³-hybridized carbons (Fsp3) is 0.750. The molecule has 0 aromatic heterocycles. The summed E-state index contributed by atoms with van der Waals surface area (Å²) in [5.41, 5.74) is 0. The van der Waals surface area contributed by atoms with Gasteiger partial charge in [-0.15, -0.1) is 0 Å². The van der Waals surface area contributed by atoms with Crippen molar-refractivity contribution in [3.05, 3.63) is 0 Å². The molecule has 2 N–H and O–H groups in total. The number of nitrogens with zero attached hydrogens (tertiary/aromatic N) is 2. The van der Waals surface area contributed by atoms with Crippen LogP contribution in [0.3, 0.4) is 0 Å². The summed E-state index contributed by atoms with van der Waals surface area (Å²) in [6.45, 7) is 3.02. The molecular weight excluding hydrogens is 266 g/mol. The van der Waals surface area contributed by atoms with Gasteiger partial charge in [-0.2, -0.15) is 0 Å². The van der Waals surface area contributed by atoms with Crippen molar-refractivity contribution >= 4 is 17.9 Å². The number of carbonyl (C=O) groups excluding carboxylic acids is 2. The van der Waals surface area contributed by atoms with Crippen molar-refractivity contribution in [1.29, 1.82) is 0 Å². The maximum atomic E-state index is 12.4. The molecule has 0 aromatic rings. The molecule has 0 aliphatic carbocycles. The Kier molecular flexibility index (Phi) is 6.23. The van der Waals surface area contributed by atoms with E-state index in [1.807, 2.05) is 0 Å². The van der Waals surface area contributed by atoms with Crippen LogP contribution >= 0.6 is 0 Å². The first-order valence-electron chi connectivity index (χ1n) is 6.55. The highest BCUT2D eigenvalue weighted by atomic mass is 16.5. The third-order valence-corrected chi connectivity index (χ3v) is 3.15. The van der Waals surface area contributed by atoms with Gasteiger partial charge in [-0.05, 0) is 6.92 Å². The minimum atomic E-state index is -0.979. The number of amides is 3. The molecule has 114 valence electrons. The zero-order chi connectivity index (χ0) is 15.1. The summed E-state index contributed by atoms with van der Waals surface area (Å²) in [7, 11) is 1.50. The lowest BCUT2D eigenvalue weighted by Crippen LogP contribution is -2.55. The molecule has 8 nitrogen and oxygen atoms in total. The average molecular weight is 287 g/mol. The summed E-state index contributed by atoms with van der Waals surface area (Å²) in [5.74, 6) is -1.24. The molecule has 1 aliphatic heterocycles. The zero-order valence-electron chi connectivity index (χ0n) is 11.8. The van der Waals surface area contributed by atoms with Crippen molar-refractivity contribution < 1.29 is 24.2 Å². The molecule has 0 saturated carbocycles. The van der Waals surface area contributed by atoms with Crippen molar-refractivity contribution in [1.82, 2.24) is 15.1 Å². The monoisotopic (exact) mass is 287 g/mol. The van der Waals surface area contributed by atoms with Crippen LogP contribution in [0.5, 0.6) is 0 Å². The average Bonchev–Trinajstić information content (AvgIpc) is 2.43. The smallest absolute Gasteiger partial charge is 0.320 e. The first-order chi connectivity index (χ1) is 9.49. The standard InChI is InChI=1S/C12H21N3O5/c1-3-14(7-10(16)13-2)12(19)15-4-5-20-8-9(15)6-11(17)18/h9H,3-8H2,1-2H3,(H,13,16)(H,17,18). The Balaban J connectivity index is 2.73. The van der Waals surface area contributed by atoms with Gasteiger partial charge >= 0.3 is 12.0 Å². The summed E-state index contributed by atoms with van der Waals surface area (Å²) < 4.78 is 5.22. The van der Waals surface area contributed by atoms with E-state index in [0.717, 1.165) is 0 Å². The third kappa shape index (κ3) is 4.37. The fourth-order valence-electron chi connectivity index (χ4n) is 2.03. The summed E-state index contributed by atoms with van der Waals surface area (Å²) >= 11 is 0. The second-order valence-corrected chi connectivity index (χ2v) is 4.49. The molecular formula is C12H21N3O5. The fourth-order valence-corrected chi connectivity index (χ4v) is 2.03. The quantitative estimate of drug-likeness (QED) is 0.700.